The molecule has 2 unspecified atom stereocenters. The molecule has 0 saturated heterocycles. The van der Waals surface area contributed by atoms with Crippen LogP contribution >= 0.6 is 0 Å². The zero-order chi connectivity index (χ0) is 39.6. The number of nitrogens with one attached hydrogen (secondary N) is 1. The second-order valence-electron chi connectivity index (χ2n) is 14.9. The number of aliphatic hydroxyl groups is 1. The van der Waals surface area contributed by atoms with E-state index in [1.54, 1.807) is 0 Å². The summed E-state index contributed by atoms with van der Waals surface area (Å²) in [5.41, 5.74) is 0. The van der Waals surface area contributed by atoms with E-state index in [0.717, 1.165) is 77.0 Å². The number of hydrogen-bond acceptors (Lipinski definition) is 4. The molecule has 0 aliphatic heterocycles. The van der Waals surface area contributed by atoms with E-state index in [9.17, 15) is 22.9 Å². The molecule has 0 saturated carbocycles. The van der Waals surface area contributed by atoms with E-state index < -0.39 is 28.0 Å². The minimum atomic E-state index is -4.36. The third-order valence-electron chi connectivity index (χ3n) is 9.62. The molecule has 0 heterocycles. The van der Waals surface area contributed by atoms with Gasteiger partial charge in [-0.25, -0.2) is 0 Å². The van der Waals surface area contributed by atoms with Crippen LogP contribution in [0.4, 0.5) is 0 Å². The second kappa shape index (κ2) is 40.4. The molecule has 0 spiro atoms. The molecule has 0 fully saturated rings. The van der Waals surface area contributed by atoms with Crippen LogP contribution in [0.15, 0.2) is 72.9 Å². The van der Waals surface area contributed by atoms with Crippen LogP contribution in [0, 0.1) is 0 Å². The Labute approximate surface area is 334 Å². The number of carbonyl (C=O) groups is 1. The molecule has 0 aromatic carbocycles. The largest absolute Gasteiger partial charge is 0.387 e. The van der Waals surface area contributed by atoms with Crippen molar-refractivity contribution in [2.75, 3.05) is 5.75 Å². The van der Waals surface area contributed by atoms with Crippen molar-refractivity contribution in [1.82, 2.24) is 5.32 Å². The van der Waals surface area contributed by atoms with Gasteiger partial charge in [0.15, 0.2) is 0 Å². The van der Waals surface area contributed by atoms with Gasteiger partial charge in [0.05, 0.1) is 17.9 Å². The van der Waals surface area contributed by atoms with Crippen molar-refractivity contribution in [3.05, 3.63) is 72.9 Å². The van der Waals surface area contributed by atoms with Gasteiger partial charge in [-0.05, 0) is 70.6 Å². The quantitative estimate of drug-likeness (QED) is 0.0328. The standard InChI is InChI=1S/C47H83NO5S/c1-3-5-7-9-11-13-15-17-19-21-23-25-26-28-30-32-34-36-38-40-42-46(49)45(44-54(51,52)53)48-47(50)43-41-39-37-35-33-31-29-27-24-22-20-18-16-14-12-10-8-6-4-2/h6,8,12,14,18,20,24,27,32,34,40,42,45-46,49H,3-5,7,9-11,13,15-17,19,21-23,25-26,28-31,33,35-39,41,43-44H2,1-2H3,(H,48,50)(H,51,52,53)/b8-6-,14-12-,20-18-,27-24-,34-32+,42-40+. The Morgan fingerprint density at radius 2 is 0.907 bits per heavy atom. The molecule has 0 bridgehead atoms. The van der Waals surface area contributed by atoms with E-state index in [1.807, 2.05) is 6.08 Å². The lowest BCUT2D eigenvalue weighted by Crippen LogP contribution is -2.46. The number of unbranched alkanes of at least 4 members (excludes halogenated alkanes) is 21. The summed E-state index contributed by atoms with van der Waals surface area (Å²) in [4.78, 5) is 12.5. The summed E-state index contributed by atoms with van der Waals surface area (Å²) in [6.45, 7) is 4.42. The maximum Gasteiger partial charge on any atom is 0.267 e. The first kappa shape index (κ1) is 51.8. The summed E-state index contributed by atoms with van der Waals surface area (Å²) >= 11 is 0. The zero-order valence-corrected chi connectivity index (χ0v) is 35.6. The second-order valence-corrected chi connectivity index (χ2v) is 16.4. The van der Waals surface area contributed by atoms with Crippen molar-refractivity contribution >= 4 is 16.0 Å². The van der Waals surface area contributed by atoms with Crippen molar-refractivity contribution in [2.24, 2.45) is 0 Å². The maximum absolute atomic E-state index is 12.5. The number of amides is 1. The summed E-state index contributed by atoms with van der Waals surface area (Å²) in [7, 11) is -4.36. The van der Waals surface area contributed by atoms with Gasteiger partial charge in [0.2, 0.25) is 5.91 Å². The highest BCUT2D eigenvalue weighted by atomic mass is 32.2. The van der Waals surface area contributed by atoms with Gasteiger partial charge in [-0.3, -0.25) is 9.35 Å². The summed E-state index contributed by atoms with van der Waals surface area (Å²) < 4.78 is 32.6. The van der Waals surface area contributed by atoms with E-state index in [0.29, 0.717) is 12.8 Å². The summed E-state index contributed by atoms with van der Waals surface area (Å²) in [5.74, 6) is -1.02. The van der Waals surface area contributed by atoms with Crippen molar-refractivity contribution in [1.29, 1.82) is 0 Å². The molecule has 0 aromatic heterocycles. The first-order chi connectivity index (χ1) is 26.3. The molecule has 1 amide bonds. The third-order valence-corrected chi connectivity index (χ3v) is 10.4. The molecule has 0 aromatic rings. The fourth-order valence-electron chi connectivity index (χ4n) is 6.34. The maximum atomic E-state index is 12.5. The normalized spacial score (nSPS) is 13.9. The van der Waals surface area contributed by atoms with E-state index in [2.05, 4.69) is 79.9 Å². The predicted molar refractivity (Wildman–Crippen MR) is 234 cm³/mol. The Balaban J connectivity index is 3.97. The Hall–Kier alpha value is -2.22. The highest BCUT2D eigenvalue weighted by molar-refractivity contribution is 7.85. The van der Waals surface area contributed by atoms with E-state index in [-0.39, 0.29) is 12.3 Å². The minimum Gasteiger partial charge on any atom is -0.387 e. The molecular weight excluding hydrogens is 691 g/mol. The molecule has 312 valence electrons. The van der Waals surface area contributed by atoms with Gasteiger partial charge in [0.1, 0.15) is 0 Å². The van der Waals surface area contributed by atoms with Crippen LogP contribution in [0.1, 0.15) is 200 Å². The highest BCUT2D eigenvalue weighted by Gasteiger charge is 2.24. The van der Waals surface area contributed by atoms with Crippen molar-refractivity contribution in [2.45, 2.75) is 212 Å². The van der Waals surface area contributed by atoms with E-state index in [1.165, 1.54) is 96.0 Å². The molecule has 0 radical (unpaired) electrons. The van der Waals surface area contributed by atoms with Gasteiger partial charge in [-0.15, -0.1) is 0 Å². The van der Waals surface area contributed by atoms with Gasteiger partial charge < -0.3 is 10.4 Å². The molecule has 54 heavy (non-hydrogen) atoms. The molecule has 7 heteroatoms. The van der Waals surface area contributed by atoms with E-state index >= 15 is 0 Å². The lowest BCUT2D eigenvalue weighted by atomic mass is 10.0. The lowest BCUT2D eigenvalue weighted by molar-refractivity contribution is -0.122. The summed E-state index contributed by atoms with van der Waals surface area (Å²) in [6, 6.07) is -1.09. The van der Waals surface area contributed by atoms with Crippen molar-refractivity contribution in [3.63, 3.8) is 0 Å². The Morgan fingerprint density at radius 1 is 0.519 bits per heavy atom. The predicted octanol–water partition coefficient (Wildman–Crippen LogP) is 13.4. The van der Waals surface area contributed by atoms with Crippen LogP contribution in [-0.4, -0.2) is 41.9 Å². The lowest BCUT2D eigenvalue weighted by Gasteiger charge is -2.21. The first-order valence-corrected chi connectivity index (χ1v) is 23.7. The van der Waals surface area contributed by atoms with Crippen LogP contribution < -0.4 is 5.32 Å². The van der Waals surface area contributed by atoms with Crippen LogP contribution in [-0.2, 0) is 14.9 Å². The van der Waals surface area contributed by atoms with Crippen molar-refractivity contribution in [3.8, 4) is 0 Å². The van der Waals surface area contributed by atoms with E-state index in [4.69, 9.17) is 0 Å². The first-order valence-electron chi connectivity index (χ1n) is 22.1. The number of aliphatic hydroxyl groups excluding tert-OH is 1. The van der Waals surface area contributed by atoms with Crippen LogP contribution in [0.25, 0.3) is 0 Å². The fourth-order valence-corrected chi connectivity index (χ4v) is 7.07. The average molecular weight is 774 g/mol. The molecule has 2 atom stereocenters. The third kappa shape index (κ3) is 41.0. The average Bonchev–Trinajstić information content (AvgIpc) is 3.14. The molecular formula is C47H83NO5S. The zero-order valence-electron chi connectivity index (χ0n) is 34.8. The monoisotopic (exact) mass is 774 g/mol. The number of carbonyl (C=O) groups excluding carboxylic acids is 1. The molecule has 0 aliphatic rings. The number of allylic oxidation sites excluding steroid dienone is 11. The Bertz CT molecular complexity index is 1120. The van der Waals surface area contributed by atoms with Crippen LogP contribution in [0.2, 0.25) is 0 Å². The molecule has 0 rings (SSSR count). The van der Waals surface area contributed by atoms with Crippen LogP contribution in [0.5, 0.6) is 0 Å². The smallest absolute Gasteiger partial charge is 0.267 e. The number of hydrogen-bond donors (Lipinski definition) is 3. The molecule has 6 nitrogen and oxygen atoms in total. The summed E-state index contributed by atoms with van der Waals surface area (Å²) in [5, 5.41) is 13.2. The molecule has 0 aliphatic carbocycles. The van der Waals surface area contributed by atoms with Crippen molar-refractivity contribution < 1.29 is 22.9 Å². The van der Waals surface area contributed by atoms with Crippen LogP contribution in [0.3, 0.4) is 0 Å². The van der Waals surface area contributed by atoms with Gasteiger partial charge in [0, 0.05) is 6.42 Å². The Kier molecular flexibility index (Phi) is 38.8. The fraction of sp³-hybridized carbons (Fsp3) is 0.723. The minimum absolute atomic E-state index is 0.268. The topological polar surface area (TPSA) is 104 Å². The molecule has 3 N–H and O–H groups in total. The van der Waals surface area contributed by atoms with Gasteiger partial charge >= 0.3 is 0 Å². The van der Waals surface area contributed by atoms with Gasteiger partial charge in [-0.1, -0.05) is 196 Å². The highest BCUT2D eigenvalue weighted by Crippen LogP contribution is 2.14. The number of rotatable bonds is 39. The Morgan fingerprint density at radius 3 is 1.39 bits per heavy atom. The van der Waals surface area contributed by atoms with Gasteiger partial charge in [-0.2, -0.15) is 8.42 Å². The summed E-state index contributed by atoms with van der Waals surface area (Å²) in [6.07, 6.45) is 57.5. The SMILES string of the molecule is CC/C=C\C/C=C\C/C=C\C/C=C\CCCCCCCCC(=O)NC(CS(=O)(=O)O)C(O)/C=C/CC/C=C/CCCCCCCCCCCCCCCC. The van der Waals surface area contributed by atoms with Gasteiger partial charge in [0.25, 0.3) is 10.1 Å².